The summed E-state index contributed by atoms with van der Waals surface area (Å²) in [6.07, 6.45) is -1.16. The maximum Gasteiger partial charge on any atom is 0.417 e. The van der Waals surface area contributed by atoms with E-state index in [1.54, 1.807) is 6.07 Å². The smallest absolute Gasteiger partial charge is 0.402 e. The molecule has 2 aromatic carbocycles. The Morgan fingerprint density at radius 1 is 1.05 bits per heavy atom. The highest BCUT2D eigenvalue weighted by Gasteiger charge is 2.33. The maximum absolute atomic E-state index is 14.9. The average molecular weight is 572 g/mol. The van der Waals surface area contributed by atoms with Crippen molar-refractivity contribution in [3.8, 4) is 0 Å². The van der Waals surface area contributed by atoms with E-state index in [4.69, 9.17) is 10.7 Å². The number of nitrogens with two attached hydrogens (primary N) is 1. The molecule has 4 aromatic rings. The molecule has 0 bridgehead atoms. The largest absolute Gasteiger partial charge is 0.417 e. The van der Waals surface area contributed by atoms with Crippen molar-refractivity contribution in [3.05, 3.63) is 99.8 Å². The molecule has 0 spiro atoms. The number of fused-ring (bicyclic) bond motifs is 1. The van der Waals surface area contributed by atoms with Crippen molar-refractivity contribution in [1.29, 1.82) is 0 Å². The number of hydrogen-bond donors (Lipinski definition) is 2. The summed E-state index contributed by atoms with van der Waals surface area (Å²) in [5, 5.41) is 0.367. The van der Waals surface area contributed by atoms with Gasteiger partial charge in [-0.2, -0.15) is 13.2 Å². The number of aliphatic imine (C=N–C) groups is 1. The van der Waals surface area contributed by atoms with E-state index in [0.29, 0.717) is 47.4 Å². The normalized spacial score (nSPS) is 14.8. The summed E-state index contributed by atoms with van der Waals surface area (Å²) in [6, 6.07) is 8.85. The minimum absolute atomic E-state index is 0.0468. The Balaban J connectivity index is 1.71. The van der Waals surface area contributed by atoms with Gasteiger partial charge in [0.05, 0.1) is 22.5 Å². The molecule has 0 unspecified atom stereocenters. The van der Waals surface area contributed by atoms with Crippen LogP contribution in [-0.2, 0) is 19.0 Å². The Morgan fingerprint density at radius 3 is 2.39 bits per heavy atom. The van der Waals surface area contributed by atoms with Gasteiger partial charge in [0.25, 0.3) is 0 Å². The standard InChI is InChI=1S/C30H27F6N5/c1-3-16-6-5-7-17(4-2)26(16)40-27(20-13-22(31)25(33)28-19(20)8-10-38-28)21-15-41(11-9-24(21)37)29-23(32)12-18(14-39-29)30(34,35)36/h5-8,10,12-14,38H,3-4,9,11,15,37H2,1-2H3. The van der Waals surface area contributed by atoms with E-state index in [0.717, 1.165) is 17.2 Å². The Kier molecular flexibility index (Phi) is 7.54. The van der Waals surface area contributed by atoms with Gasteiger partial charge in [-0.15, -0.1) is 0 Å². The minimum atomic E-state index is -4.75. The van der Waals surface area contributed by atoms with E-state index in [9.17, 15) is 26.3 Å². The first-order valence-corrected chi connectivity index (χ1v) is 13.1. The van der Waals surface area contributed by atoms with Crippen LogP contribution in [0.3, 0.4) is 0 Å². The Hall–Kier alpha value is -4.28. The van der Waals surface area contributed by atoms with Crippen molar-refractivity contribution in [3.63, 3.8) is 0 Å². The molecule has 5 rings (SSSR count). The van der Waals surface area contributed by atoms with Crippen LogP contribution in [0.15, 0.2) is 65.1 Å². The van der Waals surface area contributed by atoms with Crippen LogP contribution in [0.25, 0.3) is 10.9 Å². The third-order valence-electron chi connectivity index (χ3n) is 7.30. The second kappa shape index (κ2) is 10.9. The fraction of sp³-hybridized carbons (Fsp3) is 0.267. The van der Waals surface area contributed by atoms with Gasteiger partial charge < -0.3 is 15.6 Å². The molecule has 0 atom stereocenters. The molecule has 0 radical (unpaired) electrons. The van der Waals surface area contributed by atoms with Gasteiger partial charge in [-0.3, -0.25) is 0 Å². The molecule has 214 valence electrons. The first-order chi connectivity index (χ1) is 19.5. The van der Waals surface area contributed by atoms with Gasteiger partial charge in [0, 0.05) is 54.1 Å². The molecule has 2 aromatic heterocycles. The van der Waals surface area contributed by atoms with Crippen LogP contribution < -0.4 is 10.6 Å². The second-order valence-electron chi connectivity index (χ2n) is 9.78. The number of benzene rings is 2. The van der Waals surface area contributed by atoms with Crippen molar-refractivity contribution in [1.82, 2.24) is 9.97 Å². The molecule has 41 heavy (non-hydrogen) atoms. The lowest BCUT2D eigenvalue weighted by atomic mass is 9.93. The van der Waals surface area contributed by atoms with Crippen LogP contribution in [0.5, 0.6) is 0 Å². The highest BCUT2D eigenvalue weighted by atomic mass is 19.4. The van der Waals surface area contributed by atoms with Crippen molar-refractivity contribution in [2.45, 2.75) is 39.3 Å². The summed E-state index contributed by atoms with van der Waals surface area (Å²) in [5.41, 5.74) is 9.11. The molecule has 0 saturated carbocycles. The molecule has 5 nitrogen and oxygen atoms in total. The number of anilines is 1. The molecule has 0 saturated heterocycles. The highest BCUT2D eigenvalue weighted by Crippen LogP contribution is 2.35. The lowest BCUT2D eigenvalue weighted by Gasteiger charge is -2.32. The summed E-state index contributed by atoms with van der Waals surface area (Å²) in [6.45, 7) is 4.07. The van der Waals surface area contributed by atoms with Gasteiger partial charge in [0.2, 0.25) is 0 Å². The van der Waals surface area contributed by atoms with Crippen molar-refractivity contribution in [2.75, 3.05) is 18.0 Å². The number of H-pyrrole nitrogens is 1. The van der Waals surface area contributed by atoms with E-state index in [-0.39, 0.29) is 42.1 Å². The Morgan fingerprint density at radius 2 is 1.76 bits per heavy atom. The zero-order valence-electron chi connectivity index (χ0n) is 22.3. The van der Waals surface area contributed by atoms with Crippen molar-refractivity contribution < 1.29 is 26.3 Å². The van der Waals surface area contributed by atoms with Gasteiger partial charge in [-0.1, -0.05) is 32.0 Å². The van der Waals surface area contributed by atoms with Gasteiger partial charge >= 0.3 is 6.18 Å². The summed E-state index contributed by atoms with van der Waals surface area (Å²) < 4.78 is 83.9. The van der Waals surface area contributed by atoms with Gasteiger partial charge in [-0.05, 0) is 42.2 Å². The van der Waals surface area contributed by atoms with E-state index < -0.39 is 29.2 Å². The molecule has 0 aliphatic carbocycles. The van der Waals surface area contributed by atoms with E-state index in [1.807, 2.05) is 32.0 Å². The average Bonchev–Trinajstić information content (AvgIpc) is 3.44. The van der Waals surface area contributed by atoms with Crippen LogP contribution in [0, 0.1) is 17.5 Å². The lowest BCUT2D eigenvalue weighted by molar-refractivity contribution is -0.138. The summed E-state index contributed by atoms with van der Waals surface area (Å²) in [5.74, 6) is -3.55. The third kappa shape index (κ3) is 5.28. The number of halogens is 6. The zero-order valence-corrected chi connectivity index (χ0v) is 22.3. The second-order valence-corrected chi connectivity index (χ2v) is 9.78. The van der Waals surface area contributed by atoms with Crippen molar-refractivity contribution in [2.24, 2.45) is 10.7 Å². The van der Waals surface area contributed by atoms with E-state index in [1.165, 1.54) is 11.1 Å². The fourth-order valence-corrected chi connectivity index (χ4v) is 5.12. The van der Waals surface area contributed by atoms with E-state index in [2.05, 4.69) is 9.97 Å². The molecule has 1 aliphatic heterocycles. The number of nitrogens with zero attached hydrogens (tertiary/aromatic N) is 3. The predicted octanol–water partition coefficient (Wildman–Crippen LogP) is 7.37. The van der Waals surface area contributed by atoms with Crippen LogP contribution in [-0.4, -0.2) is 28.8 Å². The van der Waals surface area contributed by atoms with Crippen LogP contribution >= 0.6 is 0 Å². The number of pyridine rings is 1. The molecule has 0 amide bonds. The summed E-state index contributed by atoms with van der Waals surface area (Å²) in [4.78, 5) is 13.0. The topological polar surface area (TPSA) is 70.3 Å². The number of hydrogen-bond acceptors (Lipinski definition) is 4. The van der Waals surface area contributed by atoms with Gasteiger partial charge in [0.1, 0.15) is 0 Å². The molecule has 3 N–H and O–H groups in total. The molecule has 0 fully saturated rings. The number of nitrogens with one attached hydrogen (secondary N) is 1. The number of aromatic amines is 1. The number of aromatic nitrogens is 2. The summed E-state index contributed by atoms with van der Waals surface area (Å²) in [7, 11) is 0. The Labute approximate surface area is 232 Å². The highest BCUT2D eigenvalue weighted by molar-refractivity contribution is 6.20. The van der Waals surface area contributed by atoms with Crippen LogP contribution in [0.1, 0.15) is 42.5 Å². The van der Waals surface area contributed by atoms with Crippen LogP contribution in [0.2, 0.25) is 0 Å². The number of rotatable bonds is 6. The molecular weight excluding hydrogens is 544 g/mol. The van der Waals surface area contributed by atoms with Gasteiger partial charge in [-0.25, -0.2) is 23.1 Å². The lowest BCUT2D eigenvalue weighted by Crippen LogP contribution is -2.37. The number of para-hydroxylation sites is 1. The van der Waals surface area contributed by atoms with Crippen molar-refractivity contribution >= 4 is 28.1 Å². The SMILES string of the molecule is CCc1cccc(CC)c1N=C(C1=C(N)CCN(c2ncc(C(F)(F)F)cc2F)C1)c1cc(F)c(F)c2[nH]ccc12. The molecular formula is C30H27F6N5. The summed E-state index contributed by atoms with van der Waals surface area (Å²) >= 11 is 0. The number of aryl methyl sites for hydroxylation is 2. The molecule has 1 aliphatic rings. The monoisotopic (exact) mass is 571 g/mol. The predicted molar refractivity (Wildman–Crippen MR) is 147 cm³/mol. The number of alkyl halides is 3. The zero-order chi connectivity index (χ0) is 29.5. The fourth-order valence-electron chi connectivity index (χ4n) is 5.12. The molecule has 3 heterocycles. The Bertz CT molecular complexity index is 1660. The first kappa shape index (κ1) is 28.3. The quantitative estimate of drug-likeness (QED) is 0.188. The van der Waals surface area contributed by atoms with Crippen LogP contribution in [0.4, 0.5) is 37.8 Å². The van der Waals surface area contributed by atoms with E-state index >= 15 is 0 Å². The first-order valence-electron chi connectivity index (χ1n) is 13.1. The third-order valence-corrected chi connectivity index (χ3v) is 7.30. The van der Waals surface area contributed by atoms with Gasteiger partial charge in [0.15, 0.2) is 23.3 Å². The minimum Gasteiger partial charge on any atom is -0.402 e. The maximum atomic E-state index is 14.9. The molecule has 11 heteroatoms.